The number of aromatic nitrogens is 1. The number of halogens is 1. The van der Waals surface area contributed by atoms with Gasteiger partial charge in [-0.3, -0.25) is 15.0 Å². The zero-order valence-corrected chi connectivity index (χ0v) is 17.3. The van der Waals surface area contributed by atoms with Crippen molar-refractivity contribution in [3.63, 3.8) is 0 Å². The number of amides is 1. The van der Waals surface area contributed by atoms with Gasteiger partial charge in [-0.15, -0.1) is 11.3 Å². The van der Waals surface area contributed by atoms with Gasteiger partial charge in [0.15, 0.2) is 11.7 Å². The molecule has 0 bridgehead atoms. The van der Waals surface area contributed by atoms with E-state index in [1.54, 1.807) is 18.2 Å². The number of carbonyl (C=O) groups excluding carboxylic acids is 1. The van der Waals surface area contributed by atoms with Crippen molar-refractivity contribution in [1.29, 1.82) is 0 Å². The fourth-order valence-electron chi connectivity index (χ4n) is 3.09. The van der Waals surface area contributed by atoms with Gasteiger partial charge in [-0.05, 0) is 44.5 Å². The monoisotopic (exact) mass is 409 g/mol. The van der Waals surface area contributed by atoms with E-state index >= 15 is 0 Å². The van der Waals surface area contributed by atoms with Crippen molar-refractivity contribution in [3.05, 3.63) is 39.9 Å². The van der Waals surface area contributed by atoms with Gasteiger partial charge in [0, 0.05) is 30.0 Å². The zero-order valence-electron chi connectivity index (χ0n) is 15.7. The van der Waals surface area contributed by atoms with E-state index in [4.69, 9.17) is 21.1 Å². The lowest BCUT2D eigenvalue weighted by atomic mass is 10.2. The summed E-state index contributed by atoms with van der Waals surface area (Å²) in [5.74, 6) is 0.375. The molecule has 8 heteroatoms. The van der Waals surface area contributed by atoms with Gasteiger partial charge in [-0.25, -0.2) is 4.98 Å². The number of anilines is 1. The minimum atomic E-state index is -0.239. The number of aryl methyl sites for hydroxylation is 1. The Balaban J connectivity index is 1.48. The van der Waals surface area contributed by atoms with Crippen LogP contribution in [0.1, 0.15) is 25.1 Å². The summed E-state index contributed by atoms with van der Waals surface area (Å²) in [6.45, 7) is 8.51. The molecule has 6 nitrogen and oxygen atoms in total. The lowest BCUT2D eigenvalue weighted by molar-refractivity contribution is -0.118. The molecule has 27 heavy (non-hydrogen) atoms. The van der Waals surface area contributed by atoms with Crippen LogP contribution in [0.25, 0.3) is 0 Å². The molecule has 1 aliphatic rings. The molecule has 2 aromatic rings. The van der Waals surface area contributed by atoms with E-state index in [2.05, 4.69) is 29.0 Å². The Morgan fingerprint density at radius 3 is 2.85 bits per heavy atom. The van der Waals surface area contributed by atoms with Crippen LogP contribution in [0.4, 0.5) is 5.13 Å². The topological polar surface area (TPSA) is 63.7 Å². The first-order valence-corrected chi connectivity index (χ1v) is 10.2. The smallest absolute Gasteiger partial charge is 0.264 e. The maximum atomic E-state index is 12.1. The number of nitrogens with one attached hydrogen (secondary N) is 1. The molecule has 2 atom stereocenters. The van der Waals surface area contributed by atoms with Crippen molar-refractivity contribution in [3.8, 4) is 5.75 Å². The summed E-state index contributed by atoms with van der Waals surface area (Å²) in [5, 5.41) is 6.02. The third kappa shape index (κ3) is 5.90. The largest absolute Gasteiger partial charge is 0.484 e. The van der Waals surface area contributed by atoms with Gasteiger partial charge < -0.3 is 9.47 Å². The first-order chi connectivity index (χ1) is 12.9. The van der Waals surface area contributed by atoms with E-state index in [9.17, 15) is 4.79 Å². The molecule has 1 aliphatic heterocycles. The molecule has 1 saturated heterocycles. The second kappa shape index (κ2) is 9.01. The highest BCUT2D eigenvalue weighted by molar-refractivity contribution is 7.13. The SMILES string of the molecule is Cc1cc(OCC(=O)Nc2nc(CN3CC(C)OC(C)C3)cs2)ccc1Cl. The maximum absolute atomic E-state index is 12.1. The van der Waals surface area contributed by atoms with Crippen molar-refractivity contribution in [2.24, 2.45) is 0 Å². The molecule has 2 unspecified atom stereocenters. The highest BCUT2D eigenvalue weighted by Crippen LogP contribution is 2.22. The number of carbonyl (C=O) groups is 1. The van der Waals surface area contributed by atoms with E-state index in [-0.39, 0.29) is 24.7 Å². The fourth-order valence-corrected chi connectivity index (χ4v) is 3.93. The molecule has 146 valence electrons. The van der Waals surface area contributed by atoms with E-state index in [1.165, 1.54) is 11.3 Å². The zero-order chi connectivity index (χ0) is 19.4. The van der Waals surface area contributed by atoms with E-state index in [0.717, 1.165) is 30.9 Å². The van der Waals surface area contributed by atoms with Crippen molar-refractivity contribution in [1.82, 2.24) is 9.88 Å². The Morgan fingerprint density at radius 1 is 1.41 bits per heavy atom. The van der Waals surface area contributed by atoms with Crippen LogP contribution in [0, 0.1) is 6.92 Å². The minimum Gasteiger partial charge on any atom is -0.484 e. The van der Waals surface area contributed by atoms with E-state index < -0.39 is 0 Å². The van der Waals surface area contributed by atoms with Crippen molar-refractivity contribution >= 4 is 34.0 Å². The number of morpholine rings is 1. The third-order valence-corrected chi connectivity index (χ3v) is 5.41. The molecule has 1 fully saturated rings. The van der Waals surface area contributed by atoms with Gasteiger partial charge in [0.05, 0.1) is 17.9 Å². The summed E-state index contributed by atoms with van der Waals surface area (Å²) in [5.41, 5.74) is 1.86. The number of thiazole rings is 1. The molecule has 1 aromatic carbocycles. The Morgan fingerprint density at radius 2 is 2.15 bits per heavy atom. The summed E-state index contributed by atoms with van der Waals surface area (Å²) in [6, 6.07) is 5.31. The van der Waals surface area contributed by atoms with Gasteiger partial charge in [0.1, 0.15) is 5.75 Å². The molecular formula is C19H24ClN3O3S. The average molecular weight is 410 g/mol. The van der Waals surface area contributed by atoms with Crippen LogP contribution in [0.5, 0.6) is 5.75 Å². The molecular weight excluding hydrogens is 386 g/mol. The van der Waals surface area contributed by atoms with Gasteiger partial charge >= 0.3 is 0 Å². The molecule has 1 amide bonds. The molecule has 2 heterocycles. The summed E-state index contributed by atoms with van der Waals surface area (Å²) in [7, 11) is 0. The van der Waals surface area contributed by atoms with Crippen LogP contribution in [0.15, 0.2) is 23.6 Å². The summed E-state index contributed by atoms with van der Waals surface area (Å²) < 4.78 is 11.3. The molecule has 3 rings (SSSR count). The Hall–Kier alpha value is -1.67. The number of ether oxygens (including phenoxy) is 2. The van der Waals surface area contributed by atoms with Crippen molar-refractivity contribution < 1.29 is 14.3 Å². The van der Waals surface area contributed by atoms with Gasteiger partial charge in [0.2, 0.25) is 0 Å². The Bertz CT molecular complexity index is 788. The first kappa shape index (κ1) is 20.1. The Labute approximate surface area is 168 Å². The van der Waals surface area contributed by atoms with Crippen molar-refractivity contribution in [2.45, 2.75) is 39.5 Å². The van der Waals surface area contributed by atoms with Gasteiger partial charge in [0.25, 0.3) is 5.91 Å². The summed E-state index contributed by atoms with van der Waals surface area (Å²) >= 11 is 7.41. The number of benzene rings is 1. The summed E-state index contributed by atoms with van der Waals surface area (Å²) in [6.07, 6.45) is 0.445. The lowest BCUT2D eigenvalue weighted by Gasteiger charge is -2.34. The second-order valence-corrected chi connectivity index (χ2v) is 8.11. The molecule has 0 aliphatic carbocycles. The average Bonchev–Trinajstić information content (AvgIpc) is 3.02. The van der Waals surface area contributed by atoms with Crippen LogP contribution in [0.3, 0.4) is 0 Å². The molecule has 0 saturated carbocycles. The standard InChI is InChI=1S/C19H24ClN3O3S/c1-12-6-16(4-5-17(12)20)25-10-18(24)22-19-21-15(11-27-19)9-23-7-13(2)26-14(3)8-23/h4-6,11,13-14H,7-10H2,1-3H3,(H,21,22,24). The maximum Gasteiger partial charge on any atom is 0.264 e. The van der Waals surface area contributed by atoms with Crippen molar-refractivity contribution in [2.75, 3.05) is 25.0 Å². The third-order valence-electron chi connectivity index (χ3n) is 4.18. The van der Waals surface area contributed by atoms with Gasteiger partial charge in [-0.1, -0.05) is 11.6 Å². The highest BCUT2D eigenvalue weighted by Gasteiger charge is 2.22. The normalized spacial score (nSPS) is 20.4. The molecule has 1 aromatic heterocycles. The van der Waals surface area contributed by atoms with Crippen LogP contribution in [-0.4, -0.2) is 47.7 Å². The molecule has 1 N–H and O–H groups in total. The van der Waals surface area contributed by atoms with Crippen LogP contribution < -0.4 is 10.1 Å². The lowest BCUT2D eigenvalue weighted by Crippen LogP contribution is -2.44. The number of hydrogen-bond donors (Lipinski definition) is 1. The minimum absolute atomic E-state index is 0.0749. The van der Waals surface area contributed by atoms with E-state index in [1.807, 2.05) is 12.3 Å². The number of hydrogen-bond acceptors (Lipinski definition) is 6. The molecule has 0 radical (unpaired) electrons. The quantitative estimate of drug-likeness (QED) is 0.787. The number of rotatable bonds is 6. The highest BCUT2D eigenvalue weighted by atomic mass is 35.5. The van der Waals surface area contributed by atoms with Gasteiger partial charge in [-0.2, -0.15) is 0 Å². The van der Waals surface area contributed by atoms with Crippen LogP contribution in [0.2, 0.25) is 5.02 Å². The first-order valence-electron chi connectivity index (χ1n) is 8.90. The predicted octanol–water partition coefficient (Wildman–Crippen LogP) is 3.73. The Kier molecular flexibility index (Phi) is 6.70. The number of nitrogens with zero attached hydrogens (tertiary/aromatic N) is 2. The van der Waals surface area contributed by atoms with Crippen LogP contribution in [-0.2, 0) is 16.1 Å². The fraction of sp³-hybridized carbons (Fsp3) is 0.474. The predicted molar refractivity (Wildman–Crippen MR) is 108 cm³/mol. The summed E-state index contributed by atoms with van der Waals surface area (Å²) in [4.78, 5) is 18.9. The van der Waals surface area contributed by atoms with Crippen LogP contribution >= 0.6 is 22.9 Å². The van der Waals surface area contributed by atoms with E-state index in [0.29, 0.717) is 15.9 Å². The second-order valence-electron chi connectivity index (χ2n) is 6.84. The molecule has 0 spiro atoms.